The molecule has 0 aliphatic heterocycles. The van der Waals surface area contributed by atoms with Crippen molar-refractivity contribution in [3.05, 3.63) is 71.8 Å². The van der Waals surface area contributed by atoms with Crippen LogP contribution in [0.15, 0.2) is 60.7 Å². The summed E-state index contributed by atoms with van der Waals surface area (Å²) in [5.74, 6) is -0.980. The van der Waals surface area contributed by atoms with Crippen LogP contribution in [0.4, 0.5) is 0 Å². The standard InChI is InChI=1S/C24H32N4O3/c1-23(2,27-20(29)16-26-21(30)18-13-9-6-10-14-18)24(3,4)28-22(31)19(25)15-17-11-7-5-8-12-17/h5-14,19H,15-16,25H2,1-4H3,(H,26,30)(H,27,29)(H,28,31). The number of carbonyl (C=O) groups is 3. The van der Waals surface area contributed by atoms with Gasteiger partial charge in [0.25, 0.3) is 5.91 Å². The lowest BCUT2D eigenvalue weighted by Gasteiger charge is -2.43. The van der Waals surface area contributed by atoms with Gasteiger partial charge in [0, 0.05) is 5.56 Å². The highest BCUT2D eigenvalue weighted by Gasteiger charge is 2.40. The van der Waals surface area contributed by atoms with Gasteiger partial charge in [-0.1, -0.05) is 48.5 Å². The first-order valence-electron chi connectivity index (χ1n) is 10.3. The monoisotopic (exact) mass is 424 g/mol. The second kappa shape index (κ2) is 10.2. The predicted molar refractivity (Wildman–Crippen MR) is 121 cm³/mol. The Morgan fingerprint density at radius 2 is 1.35 bits per heavy atom. The molecule has 0 aliphatic rings. The third-order valence-electron chi connectivity index (χ3n) is 5.53. The lowest BCUT2D eigenvalue weighted by Crippen LogP contribution is -2.67. The quantitative estimate of drug-likeness (QED) is 0.491. The van der Waals surface area contributed by atoms with Crippen molar-refractivity contribution < 1.29 is 14.4 Å². The van der Waals surface area contributed by atoms with E-state index in [9.17, 15) is 14.4 Å². The average molecular weight is 425 g/mol. The van der Waals surface area contributed by atoms with Crippen LogP contribution in [-0.4, -0.2) is 41.4 Å². The molecular formula is C24H32N4O3. The van der Waals surface area contributed by atoms with Gasteiger partial charge in [0.15, 0.2) is 0 Å². The van der Waals surface area contributed by atoms with Crippen LogP contribution in [0.25, 0.3) is 0 Å². The molecule has 0 heterocycles. The van der Waals surface area contributed by atoms with E-state index in [4.69, 9.17) is 5.73 Å². The normalized spacial score (nSPS) is 12.5. The van der Waals surface area contributed by atoms with Gasteiger partial charge in [-0.05, 0) is 51.8 Å². The fourth-order valence-electron chi connectivity index (χ4n) is 2.92. The van der Waals surface area contributed by atoms with Crippen LogP contribution in [0.3, 0.4) is 0 Å². The first kappa shape index (κ1) is 24.1. The van der Waals surface area contributed by atoms with E-state index in [2.05, 4.69) is 16.0 Å². The molecule has 2 rings (SSSR count). The molecule has 7 nitrogen and oxygen atoms in total. The Morgan fingerprint density at radius 1 is 0.839 bits per heavy atom. The number of nitrogens with one attached hydrogen (secondary N) is 3. The summed E-state index contributed by atoms with van der Waals surface area (Å²) >= 11 is 0. The molecule has 1 atom stereocenters. The molecule has 0 saturated carbocycles. The zero-order valence-corrected chi connectivity index (χ0v) is 18.6. The lowest BCUT2D eigenvalue weighted by atomic mass is 9.82. The maximum absolute atomic E-state index is 12.7. The molecule has 2 aromatic rings. The Labute approximate surface area is 183 Å². The zero-order valence-electron chi connectivity index (χ0n) is 18.6. The minimum Gasteiger partial charge on any atom is -0.348 e. The van der Waals surface area contributed by atoms with Crippen molar-refractivity contribution in [1.29, 1.82) is 0 Å². The summed E-state index contributed by atoms with van der Waals surface area (Å²) in [6, 6.07) is 17.5. The molecule has 0 aliphatic carbocycles. The van der Waals surface area contributed by atoms with E-state index in [1.807, 2.05) is 64.1 Å². The molecule has 0 saturated heterocycles. The molecular weight excluding hydrogens is 392 g/mol. The van der Waals surface area contributed by atoms with Gasteiger partial charge in [-0.15, -0.1) is 0 Å². The van der Waals surface area contributed by atoms with E-state index in [1.165, 1.54) is 0 Å². The van der Waals surface area contributed by atoms with E-state index >= 15 is 0 Å². The fraction of sp³-hybridized carbons (Fsp3) is 0.375. The largest absolute Gasteiger partial charge is 0.348 e. The molecule has 0 radical (unpaired) electrons. The Bertz CT molecular complexity index is 896. The van der Waals surface area contributed by atoms with Gasteiger partial charge in [0.1, 0.15) is 0 Å². The molecule has 5 N–H and O–H groups in total. The van der Waals surface area contributed by atoms with Gasteiger partial charge in [-0.25, -0.2) is 0 Å². The minimum absolute atomic E-state index is 0.172. The highest BCUT2D eigenvalue weighted by atomic mass is 16.2. The smallest absolute Gasteiger partial charge is 0.251 e. The van der Waals surface area contributed by atoms with Crippen LogP contribution in [0.2, 0.25) is 0 Å². The Hall–Kier alpha value is -3.19. The van der Waals surface area contributed by atoms with E-state index in [0.717, 1.165) is 5.56 Å². The third-order valence-corrected chi connectivity index (χ3v) is 5.53. The predicted octanol–water partition coefficient (Wildman–Crippen LogP) is 1.78. The number of amides is 3. The number of rotatable bonds is 9. The van der Waals surface area contributed by atoms with Gasteiger partial charge in [0.2, 0.25) is 11.8 Å². The van der Waals surface area contributed by atoms with Crippen molar-refractivity contribution in [3.8, 4) is 0 Å². The van der Waals surface area contributed by atoms with Crippen LogP contribution >= 0.6 is 0 Å². The number of carbonyl (C=O) groups excluding carboxylic acids is 3. The van der Waals surface area contributed by atoms with Crippen molar-refractivity contribution >= 4 is 17.7 Å². The fourth-order valence-corrected chi connectivity index (χ4v) is 2.92. The second-order valence-electron chi connectivity index (χ2n) is 8.63. The maximum Gasteiger partial charge on any atom is 0.251 e. The number of nitrogens with two attached hydrogens (primary N) is 1. The lowest BCUT2D eigenvalue weighted by molar-refractivity contribution is -0.127. The summed E-state index contributed by atoms with van der Waals surface area (Å²) in [5.41, 5.74) is 5.95. The number of hydrogen-bond donors (Lipinski definition) is 4. The summed E-state index contributed by atoms with van der Waals surface area (Å²) in [6.45, 7) is 7.10. The molecule has 31 heavy (non-hydrogen) atoms. The number of hydrogen-bond acceptors (Lipinski definition) is 4. The highest BCUT2D eigenvalue weighted by molar-refractivity contribution is 5.96. The maximum atomic E-state index is 12.7. The van der Waals surface area contributed by atoms with Crippen molar-refractivity contribution in [2.75, 3.05) is 6.54 Å². The van der Waals surface area contributed by atoms with Crippen LogP contribution in [-0.2, 0) is 16.0 Å². The Morgan fingerprint density at radius 3 is 1.94 bits per heavy atom. The SMILES string of the molecule is CC(C)(NC(=O)CNC(=O)c1ccccc1)C(C)(C)NC(=O)C(N)Cc1ccccc1. The van der Waals surface area contributed by atoms with Crippen molar-refractivity contribution in [2.24, 2.45) is 5.73 Å². The topological polar surface area (TPSA) is 113 Å². The van der Waals surface area contributed by atoms with Crippen LogP contribution in [0.5, 0.6) is 0 Å². The summed E-state index contributed by atoms with van der Waals surface area (Å²) < 4.78 is 0. The molecule has 7 heteroatoms. The summed E-state index contributed by atoms with van der Waals surface area (Å²) in [7, 11) is 0. The van der Waals surface area contributed by atoms with Crippen LogP contribution in [0.1, 0.15) is 43.6 Å². The molecule has 0 spiro atoms. The molecule has 0 fully saturated rings. The molecule has 0 bridgehead atoms. The third kappa shape index (κ3) is 6.93. The van der Waals surface area contributed by atoms with Crippen molar-refractivity contribution in [2.45, 2.75) is 51.2 Å². The van der Waals surface area contributed by atoms with Crippen molar-refractivity contribution in [1.82, 2.24) is 16.0 Å². The molecule has 166 valence electrons. The Balaban J connectivity index is 1.90. The molecule has 2 aromatic carbocycles. The summed E-state index contributed by atoms with van der Waals surface area (Å²) in [5, 5.41) is 8.44. The minimum atomic E-state index is -0.802. The molecule has 3 amide bonds. The Kier molecular flexibility index (Phi) is 7.94. The van der Waals surface area contributed by atoms with Gasteiger partial charge in [-0.2, -0.15) is 0 Å². The average Bonchev–Trinajstić information content (AvgIpc) is 2.72. The van der Waals surface area contributed by atoms with E-state index in [1.54, 1.807) is 24.3 Å². The summed E-state index contributed by atoms with van der Waals surface area (Å²) in [4.78, 5) is 37.2. The van der Waals surface area contributed by atoms with Crippen molar-refractivity contribution in [3.63, 3.8) is 0 Å². The van der Waals surface area contributed by atoms with Gasteiger partial charge in [-0.3, -0.25) is 14.4 Å². The van der Waals surface area contributed by atoms with E-state index < -0.39 is 17.1 Å². The van der Waals surface area contributed by atoms with Gasteiger partial charge >= 0.3 is 0 Å². The summed E-state index contributed by atoms with van der Waals surface area (Å²) in [6.07, 6.45) is 0.418. The molecule has 1 unspecified atom stereocenters. The molecule has 0 aromatic heterocycles. The van der Waals surface area contributed by atoms with Crippen LogP contribution < -0.4 is 21.7 Å². The zero-order chi connectivity index (χ0) is 23.1. The van der Waals surface area contributed by atoms with E-state index in [-0.39, 0.29) is 24.3 Å². The van der Waals surface area contributed by atoms with Gasteiger partial charge < -0.3 is 21.7 Å². The van der Waals surface area contributed by atoms with Crippen LogP contribution in [0, 0.1) is 0 Å². The first-order valence-corrected chi connectivity index (χ1v) is 10.3. The number of benzene rings is 2. The van der Waals surface area contributed by atoms with E-state index in [0.29, 0.717) is 12.0 Å². The highest BCUT2D eigenvalue weighted by Crippen LogP contribution is 2.21. The second-order valence-corrected chi connectivity index (χ2v) is 8.63. The van der Waals surface area contributed by atoms with Gasteiger partial charge in [0.05, 0.1) is 23.7 Å². The first-order chi connectivity index (χ1) is 14.5.